The summed E-state index contributed by atoms with van der Waals surface area (Å²) in [6.45, 7) is 3.32. The van der Waals surface area contributed by atoms with Crippen LogP contribution in [0.15, 0.2) is 30.3 Å². The molecule has 0 aromatic heterocycles. The lowest BCUT2D eigenvalue weighted by atomic mass is 10.0. The second kappa shape index (κ2) is 9.67. The Hall–Kier alpha value is -2.97. The molecule has 8 nitrogen and oxygen atoms in total. The van der Waals surface area contributed by atoms with Gasteiger partial charge in [0.2, 0.25) is 11.5 Å². The maximum atomic E-state index is 13.5. The van der Waals surface area contributed by atoms with E-state index in [2.05, 4.69) is 0 Å². The standard InChI is InChI=1S/C24H30N2O6/c1-28-21-19(24(27)26-11-16-13-31-14-17(16)12-26)10-20(22(29-2)23(21)30-3)32-18-6-4-15(5-7-18)8-9-25/h4-7,10,16-17H,8-9,11-14,25H2,1-3H3/t16-,17+. The molecule has 2 heterocycles. The third kappa shape index (κ3) is 4.20. The molecule has 2 aliphatic rings. The molecule has 4 rings (SSSR count). The van der Waals surface area contributed by atoms with Gasteiger partial charge in [-0.25, -0.2) is 0 Å². The number of hydrogen-bond acceptors (Lipinski definition) is 7. The Balaban J connectivity index is 1.68. The summed E-state index contributed by atoms with van der Waals surface area (Å²) in [4.78, 5) is 15.3. The summed E-state index contributed by atoms with van der Waals surface area (Å²) >= 11 is 0. The van der Waals surface area contributed by atoms with Crippen molar-refractivity contribution in [2.45, 2.75) is 6.42 Å². The monoisotopic (exact) mass is 442 g/mol. The molecule has 0 saturated carbocycles. The quantitative estimate of drug-likeness (QED) is 0.672. The van der Waals surface area contributed by atoms with Gasteiger partial charge in [-0.05, 0) is 30.7 Å². The summed E-state index contributed by atoms with van der Waals surface area (Å²) in [6, 6.07) is 9.33. The van der Waals surface area contributed by atoms with Crippen LogP contribution in [0.25, 0.3) is 0 Å². The Bertz CT molecular complexity index is 950. The van der Waals surface area contributed by atoms with E-state index in [-0.39, 0.29) is 5.91 Å². The van der Waals surface area contributed by atoms with Crippen molar-refractivity contribution in [2.75, 3.05) is 54.2 Å². The van der Waals surface area contributed by atoms with E-state index in [0.717, 1.165) is 12.0 Å². The van der Waals surface area contributed by atoms with Crippen molar-refractivity contribution in [1.82, 2.24) is 4.90 Å². The fourth-order valence-corrected chi connectivity index (χ4v) is 4.46. The first-order chi connectivity index (χ1) is 15.6. The Kier molecular flexibility index (Phi) is 6.72. The van der Waals surface area contributed by atoms with Gasteiger partial charge >= 0.3 is 0 Å². The number of rotatable bonds is 8. The van der Waals surface area contributed by atoms with E-state index in [4.69, 9.17) is 29.4 Å². The van der Waals surface area contributed by atoms with Crippen LogP contribution in [-0.2, 0) is 11.2 Å². The number of methoxy groups -OCH3 is 3. The fourth-order valence-electron chi connectivity index (χ4n) is 4.46. The number of fused-ring (bicyclic) bond motifs is 1. The van der Waals surface area contributed by atoms with E-state index in [1.165, 1.54) is 21.3 Å². The highest BCUT2D eigenvalue weighted by atomic mass is 16.5. The van der Waals surface area contributed by atoms with Crippen molar-refractivity contribution >= 4 is 5.91 Å². The molecular weight excluding hydrogens is 412 g/mol. The fraction of sp³-hybridized carbons (Fsp3) is 0.458. The molecule has 8 heteroatoms. The zero-order valence-corrected chi connectivity index (χ0v) is 18.8. The van der Waals surface area contributed by atoms with Gasteiger partial charge in [0.05, 0.1) is 40.1 Å². The molecule has 2 aliphatic heterocycles. The molecule has 2 aromatic rings. The van der Waals surface area contributed by atoms with Crippen LogP contribution in [0.4, 0.5) is 0 Å². The Morgan fingerprint density at radius 3 is 2.19 bits per heavy atom. The van der Waals surface area contributed by atoms with Crippen molar-refractivity contribution in [3.63, 3.8) is 0 Å². The van der Waals surface area contributed by atoms with E-state index in [1.54, 1.807) is 6.07 Å². The lowest BCUT2D eigenvalue weighted by molar-refractivity contribution is 0.0747. The number of amides is 1. The molecular formula is C24H30N2O6. The largest absolute Gasteiger partial charge is 0.492 e. The summed E-state index contributed by atoms with van der Waals surface area (Å²) in [5.41, 5.74) is 7.13. The highest BCUT2D eigenvalue weighted by molar-refractivity contribution is 5.99. The van der Waals surface area contributed by atoms with Crippen molar-refractivity contribution in [3.05, 3.63) is 41.5 Å². The Labute approximate surface area is 188 Å². The van der Waals surface area contributed by atoms with Gasteiger partial charge < -0.3 is 34.3 Å². The molecule has 2 atom stereocenters. The smallest absolute Gasteiger partial charge is 0.257 e. The van der Waals surface area contributed by atoms with Crippen LogP contribution < -0.4 is 24.7 Å². The van der Waals surface area contributed by atoms with Crippen molar-refractivity contribution < 1.29 is 28.5 Å². The van der Waals surface area contributed by atoms with Crippen LogP contribution in [0.2, 0.25) is 0 Å². The van der Waals surface area contributed by atoms with Crippen LogP contribution >= 0.6 is 0 Å². The highest BCUT2D eigenvalue weighted by Crippen LogP contribution is 2.48. The normalized spacial score (nSPS) is 19.6. The molecule has 2 fully saturated rings. The van der Waals surface area contributed by atoms with Gasteiger partial charge in [0.15, 0.2) is 11.5 Å². The molecule has 2 aromatic carbocycles. The van der Waals surface area contributed by atoms with Crippen LogP contribution in [0.1, 0.15) is 15.9 Å². The lowest BCUT2D eigenvalue weighted by Gasteiger charge is -2.22. The Morgan fingerprint density at radius 2 is 1.62 bits per heavy atom. The van der Waals surface area contributed by atoms with Gasteiger partial charge in [0.1, 0.15) is 5.75 Å². The second-order valence-corrected chi connectivity index (χ2v) is 8.07. The van der Waals surface area contributed by atoms with Gasteiger partial charge in [0.25, 0.3) is 5.91 Å². The predicted molar refractivity (Wildman–Crippen MR) is 119 cm³/mol. The summed E-state index contributed by atoms with van der Waals surface area (Å²) in [5, 5.41) is 0. The summed E-state index contributed by atoms with van der Waals surface area (Å²) in [7, 11) is 4.55. The van der Waals surface area contributed by atoms with E-state index < -0.39 is 0 Å². The predicted octanol–water partition coefficient (Wildman–Crippen LogP) is 2.72. The summed E-state index contributed by atoms with van der Waals surface area (Å²) in [5.74, 6) is 2.64. The molecule has 32 heavy (non-hydrogen) atoms. The maximum absolute atomic E-state index is 13.5. The lowest BCUT2D eigenvalue weighted by Crippen LogP contribution is -2.30. The summed E-state index contributed by atoms with van der Waals surface area (Å²) in [6.07, 6.45) is 0.793. The van der Waals surface area contributed by atoms with Crippen LogP contribution in [0.3, 0.4) is 0 Å². The first kappa shape index (κ1) is 22.2. The number of nitrogens with two attached hydrogens (primary N) is 1. The molecule has 172 valence electrons. The summed E-state index contributed by atoms with van der Waals surface area (Å²) < 4.78 is 28.4. The van der Waals surface area contributed by atoms with Crippen molar-refractivity contribution in [1.29, 1.82) is 0 Å². The third-order valence-corrected chi connectivity index (χ3v) is 6.11. The van der Waals surface area contributed by atoms with E-state index in [9.17, 15) is 4.79 Å². The molecule has 0 bridgehead atoms. The van der Waals surface area contributed by atoms with Crippen LogP contribution in [-0.4, -0.2) is 65.0 Å². The minimum Gasteiger partial charge on any atom is -0.492 e. The molecule has 0 unspecified atom stereocenters. The molecule has 0 spiro atoms. The number of likely N-dealkylation sites (tertiary alicyclic amines) is 1. The topological polar surface area (TPSA) is 92.5 Å². The highest BCUT2D eigenvalue weighted by Gasteiger charge is 2.40. The first-order valence-corrected chi connectivity index (χ1v) is 10.8. The third-order valence-electron chi connectivity index (χ3n) is 6.11. The minimum absolute atomic E-state index is 0.125. The number of benzene rings is 2. The van der Waals surface area contributed by atoms with Crippen molar-refractivity contribution in [2.24, 2.45) is 17.6 Å². The van der Waals surface area contributed by atoms with Gasteiger partial charge in [-0.3, -0.25) is 4.79 Å². The van der Waals surface area contributed by atoms with Crippen LogP contribution in [0, 0.1) is 11.8 Å². The molecule has 2 saturated heterocycles. The van der Waals surface area contributed by atoms with Crippen LogP contribution in [0.5, 0.6) is 28.7 Å². The number of hydrogen-bond donors (Lipinski definition) is 1. The van der Waals surface area contributed by atoms with Gasteiger partial charge in [-0.2, -0.15) is 0 Å². The molecule has 1 amide bonds. The average Bonchev–Trinajstić information content (AvgIpc) is 3.41. The molecule has 0 radical (unpaired) electrons. The molecule has 0 aliphatic carbocycles. The Morgan fingerprint density at radius 1 is 1.00 bits per heavy atom. The SMILES string of the molecule is COc1c(Oc2ccc(CCN)cc2)cc(C(=O)N2C[C@H]3COC[C@H]3C2)c(OC)c1OC. The minimum atomic E-state index is -0.125. The number of nitrogens with zero attached hydrogens (tertiary/aromatic N) is 1. The molecule has 2 N–H and O–H groups in total. The zero-order valence-electron chi connectivity index (χ0n) is 18.8. The van der Waals surface area contributed by atoms with Gasteiger partial charge in [0, 0.05) is 31.0 Å². The number of carbonyl (C=O) groups excluding carboxylic acids is 1. The first-order valence-electron chi connectivity index (χ1n) is 10.8. The van der Waals surface area contributed by atoms with E-state index in [0.29, 0.717) is 79.0 Å². The van der Waals surface area contributed by atoms with Gasteiger partial charge in [-0.1, -0.05) is 12.1 Å². The second-order valence-electron chi connectivity index (χ2n) is 8.07. The van der Waals surface area contributed by atoms with Crippen molar-refractivity contribution in [3.8, 4) is 28.7 Å². The van der Waals surface area contributed by atoms with Gasteiger partial charge in [-0.15, -0.1) is 0 Å². The van der Waals surface area contributed by atoms with E-state index in [1.807, 2.05) is 29.2 Å². The zero-order chi connectivity index (χ0) is 22.7. The average molecular weight is 443 g/mol. The van der Waals surface area contributed by atoms with E-state index >= 15 is 0 Å². The number of carbonyl (C=O) groups is 1. The maximum Gasteiger partial charge on any atom is 0.257 e. The number of ether oxygens (including phenoxy) is 5.